The van der Waals surface area contributed by atoms with Crippen LogP contribution in [0.1, 0.15) is 37.7 Å². The van der Waals surface area contributed by atoms with Crippen LogP contribution in [0.25, 0.3) is 0 Å². The molecule has 2 unspecified atom stereocenters. The molecular formula is C29H39N5O5. The van der Waals surface area contributed by atoms with E-state index in [1.165, 1.54) is 5.06 Å². The number of pyridine rings is 1. The van der Waals surface area contributed by atoms with Gasteiger partial charge in [0.25, 0.3) is 0 Å². The Balaban J connectivity index is 1.13. The number of benzene rings is 1. The molecule has 2 aliphatic rings. The van der Waals surface area contributed by atoms with E-state index < -0.39 is 17.9 Å². The molecule has 0 spiro atoms. The Morgan fingerprint density at radius 2 is 1.69 bits per heavy atom. The third-order valence-corrected chi connectivity index (χ3v) is 7.03. The van der Waals surface area contributed by atoms with Crippen LogP contribution in [0, 0.1) is 0 Å². The SMILES string of the molecule is O=C1C(=O)C(Nc2ccncc2)C1NCCCCCCC(=O)N(Cc1ccccc1)OCCN1CCOCC1. The van der Waals surface area contributed by atoms with Crippen LogP contribution in [-0.4, -0.2) is 90.5 Å². The molecule has 1 aliphatic carbocycles. The fourth-order valence-corrected chi connectivity index (χ4v) is 4.70. The molecule has 1 aliphatic heterocycles. The summed E-state index contributed by atoms with van der Waals surface area (Å²) in [5.74, 6) is -0.781. The molecule has 1 aromatic carbocycles. The summed E-state index contributed by atoms with van der Waals surface area (Å²) in [7, 11) is 0. The normalized spacial score (nSPS) is 19.5. The second kappa shape index (κ2) is 15.4. The Hall–Kier alpha value is -3.18. The average molecular weight is 538 g/mol. The van der Waals surface area contributed by atoms with E-state index in [0.717, 1.165) is 69.8 Å². The third-order valence-electron chi connectivity index (χ3n) is 7.03. The molecule has 2 atom stereocenters. The van der Waals surface area contributed by atoms with Crippen molar-refractivity contribution in [3.63, 3.8) is 0 Å². The molecule has 10 heteroatoms. The van der Waals surface area contributed by atoms with Crippen LogP contribution >= 0.6 is 0 Å². The highest BCUT2D eigenvalue weighted by Crippen LogP contribution is 2.18. The van der Waals surface area contributed by atoms with Gasteiger partial charge >= 0.3 is 0 Å². The first-order valence-electron chi connectivity index (χ1n) is 13.9. The van der Waals surface area contributed by atoms with Crippen molar-refractivity contribution in [1.29, 1.82) is 0 Å². The summed E-state index contributed by atoms with van der Waals surface area (Å²) in [6, 6.07) is 12.4. The lowest BCUT2D eigenvalue weighted by molar-refractivity contribution is -0.192. The highest BCUT2D eigenvalue weighted by Gasteiger charge is 2.48. The van der Waals surface area contributed by atoms with Crippen molar-refractivity contribution in [1.82, 2.24) is 20.3 Å². The maximum atomic E-state index is 13.0. The predicted molar refractivity (Wildman–Crippen MR) is 147 cm³/mol. The number of carbonyl (C=O) groups is 3. The van der Waals surface area contributed by atoms with Gasteiger partial charge < -0.3 is 15.4 Å². The predicted octanol–water partition coefficient (Wildman–Crippen LogP) is 2.22. The summed E-state index contributed by atoms with van der Waals surface area (Å²) < 4.78 is 5.40. The largest absolute Gasteiger partial charge is 0.379 e. The van der Waals surface area contributed by atoms with Gasteiger partial charge in [-0.25, -0.2) is 5.06 Å². The second-order valence-electron chi connectivity index (χ2n) is 9.89. The van der Waals surface area contributed by atoms with Crippen LogP contribution in [0.5, 0.6) is 0 Å². The number of carbonyl (C=O) groups excluding carboxylic acids is 3. The van der Waals surface area contributed by atoms with Gasteiger partial charge in [-0.2, -0.15) is 0 Å². The summed E-state index contributed by atoms with van der Waals surface area (Å²) >= 11 is 0. The highest BCUT2D eigenvalue weighted by atomic mass is 16.7. The van der Waals surface area contributed by atoms with Gasteiger partial charge in [0.2, 0.25) is 17.5 Å². The van der Waals surface area contributed by atoms with E-state index in [1.807, 2.05) is 30.3 Å². The van der Waals surface area contributed by atoms with Crippen molar-refractivity contribution in [2.45, 2.75) is 50.7 Å². The van der Waals surface area contributed by atoms with Gasteiger partial charge in [-0.1, -0.05) is 43.2 Å². The number of anilines is 1. The van der Waals surface area contributed by atoms with E-state index in [1.54, 1.807) is 24.5 Å². The Kier molecular flexibility index (Phi) is 11.4. The molecule has 2 N–H and O–H groups in total. The minimum Gasteiger partial charge on any atom is -0.379 e. The fourth-order valence-electron chi connectivity index (χ4n) is 4.70. The van der Waals surface area contributed by atoms with Gasteiger partial charge in [0.1, 0.15) is 12.1 Å². The van der Waals surface area contributed by atoms with Crippen LogP contribution in [0.15, 0.2) is 54.9 Å². The minimum atomic E-state index is -0.545. The number of hydroxylamine groups is 2. The maximum Gasteiger partial charge on any atom is 0.246 e. The number of unbranched alkanes of at least 4 members (excludes halogenated alkanes) is 3. The van der Waals surface area contributed by atoms with Gasteiger partial charge in [-0.05, 0) is 37.1 Å². The molecule has 1 saturated carbocycles. The fraction of sp³-hybridized carbons (Fsp3) is 0.517. The van der Waals surface area contributed by atoms with E-state index in [-0.39, 0.29) is 11.7 Å². The molecule has 1 amide bonds. The van der Waals surface area contributed by atoms with Gasteiger partial charge in [-0.3, -0.25) is 29.1 Å². The first-order valence-corrected chi connectivity index (χ1v) is 13.9. The molecule has 0 bridgehead atoms. The standard InChI is InChI=1S/C29H39N5O5/c35-25(34(22-23-8-4-3-5-9-23)39-21-18-33-16-19-38-20-17-33)10-6-1-2-7-13-31-26-27(29(37)28(26)36)32-24-11-14-30-15-12-24/h3-5,8-9,11-12,14-15,26-27,31H,1-2,6-7,10,13,16-22H2,(H,30,32). The summed E-state index contributed by atoms with van der Waals surface area (Å²) in [6.07, 6.45) is 7.15. The first-order chi connectivity index (χ1) is 19.1. The number of amides is 1. The van der Waals surface area contributed by atoms with Crippen molar-refractivity contribution in [2.75, 3.05) is 51.3 Å². The number of aromatic nitrogens is 1. The molecule has 2 heterocycles. The van der Waals surface area contributed by atoms with Crippen molar-refractivity contribution >= 4 is 23.2 Å². The molecular weight excluding hydrogens is 498 g/mol. The summed E-state index contributed by atoms with van der Waals surface area (Å²) in [5, 5.41) is 7.82. The monoisotopic (exact) mass is 537 g/mol. The van der Waals surface area contributed by atoms with E-state index in [4.69, 9.17) is 9.57 Å². The lowest BCUT2D eigenvalue weighted by atomic mass is 9.82. The summed E-state index contributed by atoms with van der Waals surface area (Å²) in [4.78, 5) is 49.2. The van der Waals surface area contributed by atoms with Crippen LogP contribution in [0.4, 0.5) is 5.69 Å². The summed E-state index contributed by atoms with van der Waals surface area (Å²) in [5.41, 5.74) is 1.79. The first kappa shape index (κ1) is 28.8. The smallest absolute Gasteiger partial charge is 0.246 e. The lowest BCUT2D eigenvalue weighted by Crippen LogP contribution is -2.67. The number of Topliss-reactive ketones (excluding diaryl/α,β-unsaturated/α-hetero) is 2. The molecule has 39 heavy (non-hydrogen) atoms. The number of rotatable bonds is 16. The van der Waals surface area contributed by atoms with Crippen LogP contribution < -0.4 is 10.6 Å². The van der Waals surface area contributed by atoms with Gasteiger partial charge in [0.15, 0.2) is 0 Å². The number of nitrogens with one attached hydrogen (secondary N) is 2. The number of morpholine rings is 1. The number of hydrogen-bond acceptors (Lipinski definition) is 9. The second-order valence-corrected chi connectivity index (χ2v) is 9.89. The summed E-state index contributed by atoms with van der Waals surface area (Å²) in [6.45, 7) is 5.54. The molecule has 1 saturated heterocycles. The average Bonchev–Trinajstić information content (AvgIpc) is 2.98. The van der Waals surface area contributed by atoms with Crippen molar-refractivity contribution in [3.05, 3.63) is 60.4 Å². The van der Waals surface area contributed by atoms with Crippen LogP contribution in [0.3, 0.4) is 0 Å². The molecule has 1 aromatic heterocycles. The van der Waals surface area contributed by atoms with Gasteiger partial charge in [0, 0.05) is 44.1 Å². The maximum absolute atomic E-state index is 13.0. The molecule has 2 fully saturated rings. The van der Waals surface area contributed by atoms with Crippen molar-refractivity contribution in [3.8, 4) is 0 Å². The number of nitrogens with zero attached hydrogens (tertiary/aromatic N) is 3. The topological polar surface area (TPSA) is 113 Å². The van der Waals surface area contributed by atoms with Crippen molar-refractivity contribution < 1.29 is 24.0 Å². The zero-order chi connectivity index (χ0) is 27.3. The van der Waals surface area contributed by atoms with Gasteiger partial charge in [0.05, 0.1) is 26.4 Å². The molecule has 210 valence electrons. The Morgan fingerprint density at radius 1 is 0.974 bits per heavy atom. The molecule has 2 aromatic rings. The van der Waals surface area contributed by atoms with Crippen LogP contribution in [0.2, 0.25) is 0 Å². The lowest BCUT2D eigenvalue weighted by Gasteiger charge is -2.34. The Bertz CT molecular complexity index is 1050. The van der Waals surface area contributed by atoms with E-state index >= 15 is 0 Å². The molecule has 4 rings (SSSR count). The number of hydrogen-bond donors (Lipinski definition) is 2. The third kappa shape index (κ3) is 8.93. The highest BCUT2D eigenvalue weighted by molar-refractivity contribution is 6.49. The minimum absolute atomic E-state index is 0.0115. The zero-order valence-electron chi connectivity index (χ0n) is 22.4. The number of ether oxygens (including phenoxy) is 1. The Labute approximate surface area is 230 Å². The quantitative estimate of drug-likeness (QED) is 0.189. The zero-order valence-corrected chi connectivity index (χ0v) is 22.4. The van der Waals surface area contributed by atoms with E-state index in [2.05, 4.69) is 20.5 Å². The Morgan fingerprint density at radius 3 is 2.46 bits per heavy atom. The van der Waals surface area contributed by atoms with Gasteiger partial charge in [-0.15, -0.1) is 0 Å². The van der Waals surface area contributed by atoms with E-state index in [9.17, 15) is 14.4 Å². The van der Waals surface area contributed by atoms with Crippen molar-refractivity contribution in [2.24, 2.45) is 0 Å². The number of ketones is 2. The molecule has 10 nitrogen and oxygen atoms in total. The van der Waals surface area contributed by atoms with E-state index in [0.29, 0.717) is 26.1 Å². The molecule has 0 radical (unpaired) electrons. The van der Waals surface area contributed by atoms with Crippen LogP contribution in [-0.2, 0) is 30.5 Å².